The van der Waals surface area contributed by atoms with Crippen LogP contribution in [0.4, 0.5) is 5.69 Å². The number of methoxy groups -OCH3 is 1. The second-order valence-electron chi connectivity index (χ2n) is 9.64. The van der Waals surface area contributed by atoms with Crippen LogP contribution < -0.4 is 9.64 Å². The summed E-state index contributed by atoms with van der Waals surface area (Å²) >= 11 is 0. The van der Waals surface area contributed by atoms with Gasteiger partial charge in [-0.3, -0.25) is 4.79 Å². The lowest BCUT2D eigenvalue weighted by Crippen LogP contribution is -2.44. The maximum atomic E-state index is 13.1. The van der Waals surface area contributed by atoms with Gasteiger partial charge in [0.1, 0.15) is 5.75 Å². The summed E-state index contributed by atoms with van der Waals surface area (Å²) in [5.41, 5.74) is 6.95. The fourth-order valence-corrected chi connectivity index (χ4v) is 4.81. The van der Waals surface area contributed by atoms with E-state index in [1.807, 2.05) is 42.5 Å². The Morgan fingerprint density at radius 1 is 0.946 bits per heavy atom. The number of aromatic nitrogens is 2. The number of Topliss-reactive ketones (excluding diaryl/α,β-unsaturated/α-hetero) is 1. The number of hydrogen-bond acceptors (Lipinski definition) is 7. The Labute approximate surface area is 217 Å². The van der Waals surface area contributed by atoms with Gasteiger partial charge in [0.25, 0.3) is 0 Å². The Kier molecular flexibility index (Phi) is 7.06. The molecule has 1 aliphatic heterocycles. The Hall–Kier alpha value is -3.97. The first-order valence-electron chi connectivity index (χ1n) is 12.6. The fraction of sp³-hybridized carbons (Fsp3) is 0.300. The van der Waals surface area contributed by atoms with Gasteiger partial charge in [-0.2, -0.15) is 4.98 Å². The molecule has 0 spiro atoms. The number of anilines is 1. The average molecular weight is 497 g/mol. The number of ketones is 1. The number of hydrogen-bond donors (Lipinski definition) is 0. The zero-order chi connectivity index (χ0) is 25.9. The molecule has 0 unspecified atom stereocenters. The minimum atomic E-state index is 0.0978. The first kappa shape index (κ1) is 24.7. The fourth-order valence-electron chi connectivity index (χ4n) is 4.81. The molecule has 1 saturated heterocycles. The molecule has 0 radical (unpaired) electrons. The van der Waals surface area contributed by atoms with E-state index < -0.39 is 0 Å². The molecular weight excluding hydrogens is 464 g/mol. The van der Waals surface area contributed by atoms with E-state index in [-0.39, 0.29) is 5.78 Å². The highest BCUT2D eigenvalue weighted by atomic mass is 16.5. The van der Waals surface area contributed by atoms with Crippen molar-refractivity contribution in [3.8, 4) is 28.3 Å². The predicted octanol–water partition coefficient (Wildman–Crippen LogP) is 5.21. The van der Waals surface area contributed by atoms with Crippen molar-refractivity contribution in [2.45, 2.75) is 20.3 Å². The molecule has 5 rings (SSSR count). The number of rotatable bonds is 7. The minimum Gasteiger partial charge on any atom is -0.495 e. The molecule has 0 amide bonds. The van der Waals surface area contributed by atoms with Gasteiger partial charge < -0.3 is 19.1 Å². The Morgan fingerprint density at radius 2 is 1.68 bits per heavy atom. The van der Waals surface area contributed by atoms with E-state index in [9.17, 15) is 4.79 Å². The number of likely N-dealkylation sites (N-methyl/N-ethyl adjacent to an activating group) is 1. The van der Waals surface area contributed by atoms with Crippen molar-refractivity contribution in [3.63, 3.8) is 0 Å². The third-order valence-corrected chi connectivity index (χ3v) is 6.98. The van der Waals surface area contributed by atoms with Gasteiger partial charge in [-0.05, 0) is 54.4 Å². The van der Waals surface area contributed by atoms with Crippen molar-refractivity contribution < 1.29 is 14.1 Å². The average Bonchev–Trinajstić information content (AvgIpc) is 3.35. The SMILES string of the molecule is COc1ccc(CC(=O)c2ccc(-c3ccc(-c4noc(C)n4)cc3C)cc2)cc1N1CCN(C)CC1. The van der Waals surface area contributed by atoms with Crippen LogP contribution in [0.3, 0.4) is 0 Å². The number of carbonyl (C=O) groups excluding carboxylic acids is 1. The molecule has 37 heavy (non-hydrogen) atoms. The molecule has 7 heteroatoms. The molecule has 7 nitrogen and oxygen atoms in total. The van der Waals surface area contributed by atoms with Crippen LogP contribution in [0.1, 0.15) is 27.4 Å². The van der Waals surface area contributed by atoms with Crippen LogP contribution in [0.2, 0.25) is 0 Å². The van der Waals surface area contributed by atoms with Crippen molar-refractivity contribution >= 4 is 11.5 Å². The van der Waals surface area contributed by atoms with Crippen molar-refractivity contribution in [1.82, 2.24) is 15.0 Å². The molecule has 0 aliphatic carbocycles. The maximum absolute atomic E-state index is 13.1. The van der Waals surface area contributed by atoms with Gasteiger partial charge in [0.2, 0.25) is 11.7 Å². The predicted molar refractivity (Wildman–Crippen MR) is 145 cm³/mol. The molecule has 2 heterocycles. The highest BCUT2D eigenvalue weighted by Crippen LogP contribution is 2.31. The summed E-state index contributed by atoms with van der Waals surface area (Å²) < 4.78 is 10.7. The number of benzene rings is 3. The van der Waals surface area contributed by atoms with Crippen LogP contribution >= 0.6 is 0 Å². The van der Waals surface area contributed by atoms with Crippen LogP contribution in [0, 0.1) is 13.8 Å². The van der Waals surface area contributed by atoms with Crippen LogP contribution in [0.5, 0.6) is 5.75 Å². The Morgan fingerprint density at radius 3 is 2.32 bits per heavy atom. The summed E-state index contributed by atoms with van der Waals surface area (Å²) in [5.74, 6) is 2.08. The van der Waals surface area contributed by atoms with E-state index in [0.29, 0.717) is 23.7 Å². The Balaban J connectivity index is 1.30. The summed E-state index contributed by atoms with van der Waals surface area (Å²) in [7, 11) is 3.84. The number of aryl methyl sites for hydroxylation is 2. The van der Waals surface area contributed by atoms with Gasteiger partial charge in [0.15, 0.2) is 5.78 Å². The quantitative estimate of drug-likeness (QED) is 0.325. The summed E-state index contributed by atoms with van der Waals surface area (Å²) in [5, 5.41) is 4.00. The highest BCUT2D eigenvalue weighted by Gasteiger charge is 2.19. The molecule has 0 saturated carbocycles. The Bertz CT molecular complexity index is 1400. The third kappa shape index (κ3) is 5.42. The minimum absolute atomic E-state index is 0.0978. The zero-order valence-corrected chi connectivity index (χ0v) is 21.8. The van der Waals surface area contributed by atoms with Crippen molar-refractivity contribution in [1.29, 1.82) is 0 Å². The van der Waals surface area contributed by atoms with E-state index >= 15 is 0 Å². The topological polar surface area (TPSA) is 71.7 Å². The molecule has 0 bridgehead atoms. The number of carbonyl (C=O) groups is 1. The van der Waals surface area contributed by atoms with Crippen LogP contribution in [0.25, 0.3) is 22.5 Å². The first-order valence-corrected chi connectivity index (χ1v) is 12.6. The lowest BCUT2D eigenvalue weighted by molar-refractivity contribution is 0.0993. The first-order chi connectivity index (χ1) is 17.9. The second-order valence-corrected chi connectivity index (χ2v) is 9.64. The van der Waals surface area contributed by atoms with Gasteiger partial charge in [-0.25, -0.2) is 0 Å². The number of piperazine rings is 1. The smallest absolute Gasteiger partial charge is 0.223 e. The summed E-state index contributed by atoms with van der Waals surface area (Å²) in [6.07, 6.45) is 0.349. The van der Waals surface area contributed by atoms with E-state index in [1.54, 1.807) is 14.0 Å². The summed E-state index contributed by atoms with van der Waals surface area (Å²) in [4.78, 5) is 22.1. The van der Waals surface area contributed by atoms with Crippen molar-refractivity contribution in [3.05, 3.63) is 83.2 Å². The van der Waals surface area contributed by atoms with Crippen LogP contribution in [-0.4, -0.2) is 61.2 Å². The largest absolute Gasteiger partial charge is 0.495 e. The molecule has 1 aliphatic rings. The molecule has 1 fully saturated rings. The summed E-state index contributed by atoms with van der Waals surface area (Å²) in [6, 6.07) is 20.0. The van der Waals surface area contributed by atoms with E-state index in [0.717, 1.165) is 65.4 Å². The molecule has 3 aromatic carbocycles. The van der Waals surface area contributed by atoms with Crippen LogP contribution in [0.15, 0.2) is 65.2 Å². The number of nitrogens with zero attached hydrogens (tertiary/aromatic N) is 4. The van der Waals surface area contributed by atoms with Crippen molar-refractivity contribution in [2.75, 3.05) is 45.2 Å². The lowest BCUT2D eigenvalue weighted by atomic mass is 9.95. The van der Waals surface area contributed by atoms with Gasteiger partial charge >= 0.3 is 0 Å². The van der Waals surface area contributed by atoms with Gasteiger partial charge in [-0.1, -0.05) is 47.6 Å². The van der Waals surface area contributed by atoms with Gasteiger partial charge in [0, 0.05) is 50.7 Å². The lowest BCUT2D eigenvalue weighted by Gasteiger charge is -2.35. The maximum Gasteiger partial charge on any atom is 0.223 e. The number of ether oxygens (including phenoxy) is 1. The zero-order valence-electron chi connectivity index (χ0n) is 21.8. The van der Waals surface area contributed by atoms with Crippen molar-refractivity contribution in [2.24, 2.45) is 0 Å². The van der Waals surface area contributed by atoms with E-state index in [2.05, 4.69) is 52.1 Å². The van der Waals surface area contributed by atoms with Gasteiger partial charge in [-0.15, -0.1) is 0 Å². The van der Waals surface area contributed by atoms with Gasteiger partial charge in [0.05, 0.1) is 12.8 Å². The third-order valence-electron chi connectivity index (χ3n) is 6.98. The van der Waals surface area contributed by atoms with E-state index in [4.69, 9.17) is 9.26 Å². The monoisotopic (exact) mass is 496 g/mol. The van der Waals surface area contributed by atoms with Crippen LogP contribution in [-0.2, 0) is 6.42 Å². The second kappa shape index (κ2) is 10.6. The highest BCUT2D eigenvalue weighted by molar-refractivity contribution is 5.98. The van der Waals surface area contributed by atoms with E-state index in [1.165, 1.54) is 0 Å². The molecular formula is C30H32N4O3. The molecule has 190 valence electrons. The standard InChI is InChI=1S/C30H32N4O3/c1-20-17-25(30-31-21(2)37-32-30)10-11-26(20)23-6-8-24(9-7-23)28(35)19-22-5-12-29(36-4)27(18-22)34-15-13-33(3)14-16-34/h5-12,17-18H,13-16,19H2,1-4H3. The molecule has 1 aromatic heterocycles. The molecule has 4 aromatic rings. The molecule has 0 N–H and O–H groups in total. The molecule has 0 atom stereocenters. The summed E-state index contributed by atoms with van der Waals surface area (Å²) in [6.45, 7) is 7.76. The normalized spacial score (nSPS) is 14.1.